The first-order chi connectivity index (χ1) is 9.90. The zero-order valence-corrected chi connectivity index (χ0v) is 14.3. The molecular weight excluding hydrogens is 302 g/mol. The second-order valence-electron chi connectivity index (χ2n) is 5.73. The fourth-order valence-electron chi connectivity index (χ4n) is 1.72. The lowest BCUT2D eigenvalue weighted by molar-refractivity contribution is 0.539. The van der Waals surface area contributed by atoms with E-state index in [2.05, 4.69) is 43.0 Å². The van der Waals surface area contributed by atoms with Crippen molar-refractivity contribution in [1.82, 2.24) is 9.97 Å². The molecule has 1 heterocycles. The fraction of sp³-hybridized carbons (Fsp3) is 0.375. The van der Waals surface area contributed by atoms with Crippen LogP contribution in [0.5, 0.6) is 0 Å². The first kappa shape index (κ1) is 16.1. The third kappa shape index (κ3) is 4.35. The molecule has 0 radical (unpaired) electrons. The number of nitrogens with zero attached hydrogens (tertiary/aromatic N) is 2. The molecule has 1 aromatic heterocycles. The number of hydrogen-bond acceptors (Lipinski definition) is 4. The maximum Gasteiger partial charge on any atom is 0.137 e. The van der Waals surface area contributed by atoms with Crippen molar-refractivity contribution < 1.29 is 0 Å². The molecule has 112 valence electrons. The van der Waals surface area contributed by atoms with E-state index in [-0.39, 0.29) is 5.41 Å². The topological polar surface area (TPSA) is 37.8 Å². The minimum atomic E-state index is -0.0960. The summed E-state index contributed by atoms with van der Waals surface area (Å²) in [6.45, 7) is 9.22. The molecule has 0 atom stereocenters. The lowest BCUT2D eigenvalue weighted by Crippen LogP contribution is -2.17. The van der Waals surface area contributed by atoms with Gasteiger partial charge in [0, 0.05) is 22.9 Å². The Hall–Kier alpha value is -1.26. The minimum Gasteiger partial charge on any atom is -0.370 e. The summed E-state index contributed by atoms with van der Waals surface area (Å²) in [5.41, 5.74) is -0.0960. The molecule has 0 aliphatic rings. The fourth-order valence-corrected chi connectivity index (χ4v) is 2.82. The second-order valence-corrected chi connectivity index (χ2v) is 7.20. The number of anilines is 1. The van der Waals surface area contributed by atoms with Crippen LogP contribution in [0.3, 0.4) is 0 Å². The third-order valence-electron chi connectivity index (χ3n) is 2.78. The van der Waals surface area contributed by atoms with Crippen molar-refractivity contribution in [1.29, 1.82) is 0 Å². The van der Waals surface area contributed by atoms with Crippen LogP contribution in [0.1, 0.15) is 33.5 Å². The van der Waals surface area contributed by atoms with Gasteiger partial charge in [-0.05, 0) is 19.1 Å². The average Bonchev–Trinajstić information content (AvgIpc) is 2.41. The highest BCUT2D eigenvalue weighted by Gasteiger charge is 2.19. The normalized spacial score (nSPS) is 11.5. The van der Waals surface area contributed by atoms with Gasteiger partial charge in [0.15, 0.2) is 0 Å². The zero-order chi connectivity index (χ0) is 15.5. The molecule has 0 spiro atoms. The second kappa shape index (κ2) is 6.67. The van der Waals surface area contributed by atoms with E-state index >= 15 is 0 Å². The summed E-state index contributed by atoms with van der Waals surface area (Å²) >= 11 is 7.79. The van der Waals surface area contributed by atoms with Gasteiger partial charge in [0.1, 0.15) is 16.7 Å². The molecule has 2 aromatic rings. The average molecular weight is 322 g/mol. The van der Waals surface area contributed by atoms with E-state index < -0.39 is 0 Å². The molecule has 3 nitrogen and oxygen atoms in total. The van der Waals surface area contributed by atoms with E-state index in [1.54, 1.807) is 11.8 Å². The minimum absolute atomic E-state index is 0.0960. The first-order valence-electron chi connectivity index (χ1n) is 6.96. The van der Waals surface area contributed by atoms with Crippen LogP contribution in [0.15, 0.2) is 40.3 Å². The Morgan fingerprint density at radius 3 is 2.52 bits per heavy atom. The highest BCUT2D eigenvalue weighted by atomic mass is 35.5. The number of halogens is 1. The van der Waals surface area contributed by atoms with Gasteiger partial charge in [0.2, 0.25) is 0 Å². The predicted octanol–water partition coefficient (Wildman–Crippen LogP) is 5.01. The largest absolute Gasteiger partial charge is 0.370 e. The third-order valence-corrected chi connectivity index (χ3v) is 4.22. The Labute approximate surface area is 135 Å². The molecule has 5 heteroatoms. The lowest BCUT2D eigenvalue weighted by Gasteiger charge is -2.18. The molecule has 0 saturated carbocycles. The molecule has 0 saturated heterocycles. The highest BCUT2D eigenvalue weighted by molar-refractivity contribution is 7.99. The van der Waals surface area contributed by atoms with E-state index in [1.165, 1.54) is 0 Å². The van der Waals surface area contributed by atoms with Gasteiger partial charge in [-0.25, -0.2) is 9.97 Å². The van der Waals surface area contributed by atoms with Gasteiger partial charge >= 0.3 is 0 Å². The van der Waals surface area contributed by atoms with Crippen LogP contribution < -0.4 is 5.32 Å². The van der Waals surface area contributed by atoms with Gasteiger partial charge in [-0.3, -0.25) is 0 Å². The Kier molecular flexibility index (Phi) is 5.12. The maximum absolute atomic E-state index is 6.22. The van der Waals surface area contributed by atoms with Crippen molar-refractivity contribution in [3.8, 4) is 0 Å². The monoisotopic (exact) mass is 321 g/mol. The smallest absolute Gasteiger partial charge is 0.137 e. The highest BCUT2D eigenvalue weighted by Crippen LogP contribution is 2.33. The molecule has 0 aliphatic carbocycles. The van der Waals surface area contributed by atoms with Crippen molar-refractivity contribution in [2.45, 2.75) is 43.0 Å². The van der Waals surface area contributed by atoms with Crippen LogP contribution in [0.2, 0.25) is 5.02 Å². The molecule has 21 heavy (non-hydrogen) atoms. The van der Waals surface area contributed by atoms with Crippen LogP contribution in [-0.2, 0) is 5.41 Å². The van der Waals surface area contributed by atoms with Gasteiger partial charge in [-0.15, -0.1) is 0 Å². The molecule has 0 bridgehead atoms. The Morgan fingerprint density at radius 1 is 1.19 bits per heavy atom. The first-order valence-corrected chi connectivity index (χ1v) is 8.15. The van der Waals surface area contributed by atoms with E-state index in [9.17, 15) is 0 Å². The van der Waals surface area contributed by atoms with Crippen molar-refractivity contribution in [3.63, 3.8) is 0 Å². The standard InChI is InChI=1S/C16H20ClN3S/c1-5-18-13-10-14(20-15(19-13)16(2,3)4)21-12-9-7-6-8-11(12)17/h6-10H,5H2,1-4H3,(H,18,19,20). The van der Waals surface area contributed by atoms with Crippen LogP contribution >= 0.6 is 23.4 Å². The Morgan fingerprint density at radius 2 is 1.90 bits per heavy atom. The number of hydrogen-bond donors (Lipinski definition) is 1. The van der Waals surface area contributed by atoms with Gasteiger partial charge in [-0.1, -0.05) is 56.3 Å². The van der Waals surface area contributed by atoms with Gasteiger partial charge in [0.05, 0.1) is 5.02 Å². The van der Waals surface area contributed by atoms with Crippen LogP contribution in [-0.4, -0.2) is 16.5 Å². The van der Waals surface area contributed by atoms with Crippen molar-refractivity contribution in [2.75, 3.05) is 11.9 Å². The number of rotatable bonds is 4. The molecule has 2 rings (SSSR count). The summed E-state index contributed by atoms with van der Waals surface area (Å²) in [6.07, 6.45) is 0. The van der Waals surface area contributed by atoms with Crippen molar-refractivity contribution in [3.05, 3.63) is 41.2 Å². The summed E-state index contributed by atoms with van der Waals surface area (Å²) in [6, 6.07) is 9.76. The van der Waals surface area contributed by atoms with Crippen LogP contribution in [0.4, 0.5) is 5.82 Å². The maximum atomic E-state index is 6.22. The molecular formula is C16H20ClN3S. The summed E-state index contributed by atoms with van der Waals surface area (Å²) in [5.74, 6) is 1.68. The van der Waals surface area contributed by atoms with E-state index in [1.807, 2.05) is 30.3 Å². The molecule has 0 fully saturated rings. The molecule has 0 amide bonds. The summed E-state index contributed by atoms with van der Waals surface area (Å²) < 4.78 is 0. The van der Waals surface area contributed by atoms with Gasteiger partial charge in [0.25, 0.3) is 0 Å². The number of nitrogens with one attached hydrogen (secondary N) is 1. The van der Waals surface area contributed by atoms with E-state index in [0.29, 0.717) is 0 Å². The Balaban J connectivity index is 2.38. The quantitative estimate of drug-likeness (QED) is 0.803. The lowest BCUT2D eigenvalue weighted by atomic mass is 9.96. The number of aromatic nitrogens is 2. The molecule has 1 aromatic carbocycles. The van der Waals surface area contributed by atoms with Crippen LogP contribution in [0.25, 0.3) is 0 Å². The zero-order valence-electron chi connectivity index (χ0n) is 12.8. The molecule has 0 aliphatic heterocycles. The van der Waals surface area contributed by atoms with Crippen molar-refractivity contribution in [2.24, 2.45) is 0 Å². The predicted molar refractivity (Wildman–Crippen MR) is 90.5 cm³/mol. The van der Waals surface area contributed by atoms with Gasteiger partial charge in [-0.2, -0.15) is 0 Å². The molecule has 0 unspecified atom stereocenters. The Bertz CT molecular complexity index is 623. The van der Waals surface area contributed by atoms with Crippen molar-refractivity contribution >= 4 is 29.2 Å². The SMILES string of the molecule is CCNc1cc(Sc2ccccc2Cl)nc(C(C)(C)C)n1. The summed E-state index contributed by atoms with van der Waals surface area (Å²) in [5, 5.41) is 4.90. The summed E-state index contributed by atoms with van der Waals surface area (Å²) in [7, 11) is 0. The van der Waals surface area contributed by atoms with Crippen LogP contribution in [0, 0.1) is 0 Å². The van der Waals surface area contributed by atoms with E-state index in [4.69, 9.17) is 11.6 Å². The van der Waals surface area contributed by atoms with Gasteiger partial charge < -0.3 is 5.32 Å². The summed E-state index contributed by atoms with van der Waals surface area (Å²) in [4.78, 5) is 10.3. The molecule has 1 N–H and O–H groups in total. The number of benzene rings is 1. The van der Waals surface area contributed by atoms with E-state index in [0.717, 1.165) is 33.1 Å².